The van der Waals surface area contributed by atoms with Gasteiger partial charge in [-0.05, 0) is 105 Å². The summed E-state index contributed by atoms with van der Waals surface area (Å²) in [5.74, 6) is 0.277. The zero-order valence-electron chi connectivity index (χ0n) is 27.3. The van der Waals surface area contributed by atoms with Gasteiger partial charge in [-0.1, -0.05) is 18.6 Å². The molecule has 2 aliphatic carbocycles. The van der Waals surface area contributed by atoms with E-state index in [9.17, 15) is 22.4 Å². The second-order valence-corrected chi connectivity index (χ2v) is 16.0. The molecule has 2 heterocycles. The Hall–Kier alpha value is -3.38. The summed E-state index contributed by atoms with van der Waals surface area (Å²) in [5.41, 5.74) is 1.26. The van der Waals surface area contributed by atoms with Gasteiger partial charge in [0, 0.05) is 49.2 Å². The lowest BCUT2D eigenvalue weighted by Crippen LogP contribution is -2.58. The van der Waals surface area contributed by atoms with Gasteiger partial charge in [0.05, 0.1) is 24.4 Å². The number of rotatable bonds is 11. The van der Waals surface area contributed by atoms with Gasteiger partial charge in [-0.25, -0.2) is 22.4 Å². The van der Waals surface area contributed by atoms with Gasteiger partial charge in [0.15, 0.2) is 9.84 Å². The van der Waals surface area contributed by atoms with Crippen LogP contribution in [0.2, 0.25) is 0 Å². The van der Waals surface area contributed by atoms with Gasteiger partial charge < -0.3 is 29.9 Å². The number of methoxy groups -OCH3 is 2. The van der Waals surface area contributed by atoms with E-state index in [-0.39, 0.29) is 35.5 Å². The molecular formula is C35H47FN4O6S. The molecule has 12 heteroatoms. The van der Waals surface area contributed by atoms with Crippen LogP contribution in [0.15, 0.2) is 53.4 Å². The van der Waals surface area contributed by atoms with Crippen LogP contribution >= 0.6 is 0 Å². The number of benzene rings is 2. The number of halogens is 1. The van der Waals surface area contributed by atoms with Crippen molar-refractivity contribution < 1.29 is 31.9 Å². The highest BCUT2D eigenvalue weighted by Crippen LogP contribution is 2.50. The number of carbonyl (C=O) groups is 2. The van der Waals surface area contributed by atoms with Crippen LogP contribution in [0.25, 0.3) is 0 Å². The Labute approximate surface area is 277 Å². The molecule has 4 fully saturated rings. The number of nitrogens with zero attached hydrogens (tertiary/aromatic N) is 2. The molecule has 2 saturated heterocycles. The van der Waals surface area contributed by atoms with Crippen molar-refractivity contribution in [2.45, 2.75) is 66.5 Å². The third-order valence-corrected chi connectivity index (χ3v) is 13.3. The molecule has 2 aromatic carbocycles. The molecule has 0 spiro atoms. The SMILES string of the molecule is COC(=O)NCC(c1cccc(F)c1)(C1CCN(CC2CN(c3ccc(S(=O)(=O)C4CC4)cc3)C2)CC1)[C@H]1CCC[C@@H]1NC(=O)OC. The Morgan fingerprint density at radius 3 is 2.28 bits per heavy atom. The third-order valence-electron chi connectivity index (χ3n) is 11.0. The Kier molecular flexibility index (Phi) is 9.98. The Balaban J connectivity index is 1.14. The van der Waals surface area contributed by atoms with Crippen LogP contribution in [0.1, 0.15) is 50.5 Å². The molecule has 2 aromatic rings. The van der Waals surface area contributed by atoms with Crippen molar-refractivity contribution in [2.75, 3.05) is 58.4 Å². The first-order chi connectivity index (χ1) is 22.6. The molecule has 2 aliphatic heterocycles. The van der Waals surface area contributed by atoms with Gasteiger partial charge in [-0.15, -0.1) is 0 Å². The Morgan fingerprint density at radius 2 is 1.64 bits per heavy atom. The molecule has 0 aromatic heterocycles. The number of piperidine rings is 1. The topological polar surface area (TPSA) is 117 Å². The van der Waals surface area contributed by atoms with Crippen molar-refractivity contribution in [3.8, 4) is 0 Å². The number of ether oxygens (including phenoxy) is 2. The van der Waals surface area contributed by atoms with Gasteiger partial charge in [-0.3, -0.25) is 0 Å². The first-order valence-electron chi connectivity index (χ1n) is 16.9. The molecule has 3 atom stereocenters. The minimum absolute atomic E-state index is 0.0389. The largest absolute Gasteiger partial charge is 0.453 e. The van der Waals surface area contributed by atoms with Gasteiger partial charge in [0.25, 0.3) is 0 Å². The van der Waals surface area contributed by atoms with Crippen molar-refractivity contribution in [3.63, 3.8) is 0 Å². The van der Waals surface area contributed by atoms with Gasteiger partial charge in [-0.2, -0.15) is 0 Å². The maximum atomic E-state index is 14.8. The van der Waals surface area contributed by atoms with E-state index >= 15 is 0 Å². The van der Waals surface area contributed by atoms with E-state index in [4.69, 9.17) is 9.47 Å². The molecule has 6 rings (SSSR count). The second-order valence-electron chi connectivity index (χ2n) is 13.8. The zero-order chi connectivity index (χ0) is 33.2. The van der Waals surface area contributed by atoms with Crippen LogP contribution in [-0.2, 0) is 24.7 Å². The number of hydrogen-bond acceptors (Lipinski definition) is 8. The fourth-order valence-electron chi connectivity index (χ4n) is 8.47. The summed E-state index contributed by atoms with van der Waals surface area (Å²) in [4.78, 5) is 30.1. The maximum Gasteiger partial charge on any atom is 0.407 e. The summed E-state index contributed by atoms with van der Waals surface area (Å²) in [5, 5.41) is 5.82. The van der Waals surface area contributed by atoms with E-state index in [1.54, 1.807) is 24.3 Å². The quantitative estimate of drug-likeness (QED) is 0.353. The Bertz CT molecular complexity index is 1520. The maximum absolute atomic E-state index is 14.8. The third kappa shape index (κ3) is 7.09. The fraction of sp³-hybridized carbons (Fsp3) is 0.600. The second kappa shape index (κ2) is 14.0. The molecule has 1 unspecified atom stereocenters. The van der Waals surface area contributed by atoms with Gasteiger partial charge in [0.2, 0.25) is 0 Å². The van der Waals surface area contributed by atoms with Crippen molar-refractivity contribution in [2.24, 2.45) is 17.8 Å². The minimum Gasteiger partial charge on any atom is -0.453 e. The summed E-state index contributed by atoms with van der Waals surface area (Å²) >= 11 is 0. The molecule has 256 valence electrons. The summed E-state index contributed by atoms with van der Waals surface area (Å²) in [7, 11) is -0.489. The lowest BCUT2D eigenvalue weighted by molar-refractivity contribution is 0.0642. The number of amides is 2. The monoisotopic (exact) mass is 670 g/mol. The zero-order valence-corrected chi connectivity index (χ0v) is 28.1. The molecule has 0 bridgehead atoms. The fourth-order valence-corrected chi connectivity index (χ4v) is 10.1. The van der Waals surface area contributed by atoms with Crippen LogP contribution in [-0.4, -0.2) is 90.3 Å². The molecule has 47 heavy (non-hydrogen) atoms. The van der Waals surface area contributed by atoms with E-state index in [0.717, 1.165) is 88.9 Å². The van der Waals surface area contributed by atoms with Crippen LogP contribution in [0.5, 0.6) is 0 Å². The van der Waals surface area contributed by atoms with Gasteiger partial charge >= 0.3 is 12.2 Å². The number of nitrogens with one attached hydrogen (secondary N) is 2. The van der Waals surface area contributed by atoms with Crippen LogP contribution in [0, 0.1) is 23.6 Å². The van der Waals surface area contributed by atoms with E-state index in [1.165, 1.54) is 20.3 Å². The predicted molar refractivity (Wildman–Crippen MR) is 177 cm³/mol. The summed E-state index contributed by atoms with van der Waals surface area (Å²) < 4.78 is 49.9. The lowest BCUT2D eigenvalue weighted by Gasteiger charge is -2.51. The summed E-state index contributed by atoms with van der Waals surface area (Å²) in [6.07, 6.45) is 4.77. The molecule has 4 aliphatic rings. The number of likely N-dealkylation sites (tertiary alicyclic amines) is 1. The molecule has 0 radical (unpaired) electrons. The van der Waals surface area contributed by atoms with Crippen molar-refractivity contribution in [3.05, 3.63) is 59.9 Å². The number of sulfone groups is 1. The average Bonchev–Trinajstić information content (AvgIpc) is 3.84. The van der Waals surface area contributed by atoms with Crippen LogP contribution < -0.4 is 15.5 Å². The van der Waals surface area contributed by atoms with E-state index in [0.29, 0.717) is 10.8 Å². The van der Waals surface area contributed by atoms with Crippen molar-refractivity contribution in [1.82, 2.24) is 15.5 Å². The van der Waals surface area contributed by atoms with Crippen molar-refractivity contribution in [1.29, 1.82) is 0 Å². The predicted octanol–water partition coefficient (Wildman–Crippen LogP) is 4.73. The minimum atomic E-state index is -3.18. The Morgan fingerprint density at radius 1 is 0.936 bits per heavy atom. The smallest absolute Gasteiger partial charge is 0.407 e. The highest BCUT2D eigenvalue weighted by Gasteiger charge is 2.52. The first kappa shape index (κ1) is 33.5. The first-order valence-corrected chi connectivity index (χ1v) is 18.4. The number of carbonyl (C=O) groups excluding carboxylic acids is 2. The summed E-state index contributed by atoms with van der Waals surface area (Å²) in [6, 6.07) is 13.9. The lowest BCUT2D eigenvalue weighted by atomic mass is 9.58. The van der Waals surface area contributed by atoms with E-state index < -0.39 is 27.4 Å². The summed E-state index contributed by atoms with van der Waals surface area (Å²) in [6.45, 7) is 4.86. The standard InChI is InChI=1S/C35H47FN4O6S/c1-45-33(41)37-23-35(26-5-3-6-27(36)19-26,31-7-4-8-32(31)38-34(42)46-2)25-15-17-39(18-16-25)20-24-21-40(22-24)28-9-11-29(12-10-28)47(43,44)30-13-14-30/h3,5-6,9-12,19,24-25,30-32H,4,7-8,13-18,20-23H2,1-2H3,(H,37,41)(H,38,42)/t31-,32-,35?/m0/s1. The number of hydrogen-bond donors (Lipinski definition) is 2. The van der Waals surface area contributed by atoms with Crippen LogP contribution in [0.4, 0.5) is 19.7 Å². The number of anilines is 1. The van der Waals surface area contributed by atoms with Crippen LogP contribution in [0.3, 0.4) is 0 Å². The molecular weight excluding hydrogens is 623 g/mol. The highest BCUT2D eigenvalue weighted by molar-refractivity contribution is 7.92. The van der Waals surface area contributed by atoms with Crippen molar-refractivity contribution >= 4 is 27.7 Å². The highest BCUT2D eigenvalue weighted by atomic mass is 32.2. The average molecular weight is 671 g/mol. The molecule has 2 N–H and O–H groups in total. The van der Waals surface area contributed by atoms with E-state index in [1.807, 2.05) is 18.2 Å². The molecule has 2 amide bonds. The molecule has 10 nitrogen and oxygen atoms in total. The molecule has 2 saturated carbocycles. The number of alkyl carbamates (subject to hydrolysis) is 2. The van der Waals surface area contributed by atoms with E-state index in [2.05, 4.69) is 20.4 Å². The van der Waals surface area contributed by atoms with Gasteiger partial charge in [0.1, 0.15) is 5.82 Å². The normalized spacial score (nSPS) is 23.9.